The zero-order chi connectivity index (χ0) is 17.8. The molecule has 0 radical (unpaired) electrons. The van der Waals surface area contributed by atoms with Crippen molar-refractivity contribution in [2.24, 2.45) is 0 Å². The van der Waals surface area contributed by atoms with E-state index in [9.17, 15) is 14.4 Å². The highest BCUT2D eigenvalue weighted by Crippen LogP contribution is 2.28. The van der Waals surface area contributed by atoms with Crippen LogP contribution in [0.5, 0.6) is 0 Å². The maximum Gasteiger partial charge on any atom is 0.300 e. The second-order valence-corrected chi connectivity index (χ2v) is 5.69. The molecule has 2 aromatic carbocycles. The fourth-order valence-corrected chi connectivity index (χ4v) is 2.64. The van der Waals surface area contributed by atoms with Crippen LogP contribution in [0.15, 0.2) is 48.5 Å². The number of hydrogen-bond acceptors (Lipinski definition) is 3. The number of nitrogens with zero attached hydrogens (tertiary/aromatic N) is 1. The normalized spacial score (nSPS) is 13.4. The third-order valence-electron chi connectivity index (χ3n) is 3.84. The number of hydrogen-bond donors (Lipinski definition) is 1. The Morgan fingerprint density at radius 2 is 1.72 bits per heavy atom. The molecule has 0 aromatic heterocycles. The fourth-order valence-electron chi connectivity index (χ4n) is 2.64. The van der Waals surface area contributed by atoms with Gasteiger partial charge in [-0.3, -0.25) is 19.3 Å². The van der Waals surface area contributed by atoms with E-state index in [0.717, 1.165) is 11.1 Å². The average molecular weight is 332 g/mol. The number of anilines is 2. The highest BCUT2D eigenvalue weighted by molar-refractivity contribution is 6.20. The van der Waals surface area contributed by atoms with Gasteiger partial charge in [-0.1, -0.05) is 24.1 Å². The van der Waals surface area contributed by atoms with Gasteiger partial charge in [0.05, 0.1) is 5.69 Å². The van der Waals surface area contributed by atoms with E-state index in [1.165, 1.54) is 4.90 Å². The molecule has 3 amide bonds. The summed E-state index contributed by atoms with van der Waals surface area (Å²) in [5, 5.41) is 2.69. The molecule has 5 nitrogen and oxygen atoms in total. The third kappa shape index (κ3) is 3.75. The van der Waals surface area contributed by atoms with E-state index in [1.807, 2.05) is 30.3 Å². The van der Waals surface area contributed by atoms with Gasteiger partial charge in [0.1, 0.15) is 0 Å². The summed E-state index contributed by atoms with van der Waals surface area (Å²) in [7, 11) is 0. The largest absolute Gasteiger partial charge is 0.315 e. The molecule has 0 unspecified atom stereocenters. The van der Waals surface area contributed by atoms with Crippen molar-refractivity contribution in [3.63, 3.8) is 0 Å². The lowest BCUT2D eigenvalue weighted by atomic mass is 10.1. The second kappa shape index (κ2) is 7.02. The van der Waals surface area contributed by atoms with Gasteiger partial charge in [-0.05, 0) is 42.8 Å². The first kappa shape index (κ1) is 16.5. The van der Waals surface area contributed by atoms with Crippen molar-refractivity contribution >= 4 is 29.1 Å². The summed E-state index contributed by atoms with van der Waals surface area (Å²) in [6.45, 7) is 1.79. The van der Waals surface area contributed by atoms with Crippen molar-refractivity contribution in [1.82, 2.24) is 0 Å². The number of nitrogens with one attached hydrogen (secondary N) is 1. The zero-order valence-corrected chi connectivity index (χ0v) is 13.7. The Bertz CT molecular complexity index is 892. The van der Waals surface area contributed by atoms with Crippen molar-refractivity contribution in [2.75, 3.05) is 10.2 Å². The molecule has 25 heavy (non-hydrogen) atoms. The molecule has 1 heterocycles. The predicted octanol–water partition coefficient (Wildman–Crippen LogP) is 2.64. The van der Waals surface area contributed by atoms with Gasteiger partial charge in [0.15, 0.2) is 0 Å². The average Bonchev–Trinajstić information content (AvgIpc) is 2.93. The van der Waals surface area contributed by atoms with Gasteiger partial charge < -0.3 is 5.32 Å². The lowest BCUT2D eigenvalue weighted by Gasteiger charge is -2.17. The quantitative estimate of drug-likeness (QED) is 0.679. The van der Waals surface area contributed by atoms with E-state index in [1.54, 1.807) is 25.1 Å². The minimum Gasteiger partial charge on any atom is -0.315 e. The first-order valence-corrected chi connectivity index (χ1v) is 7.89. The van der Waals surface area contributed by atoms with Crippen molar-refractivity contribution in [1.29, 1.82) is 0 Å². The van der Waals surface area contributed by atoms with E-state index < -0.39 is 5.91 Å². The molecular formula is C20H16N2O3. The van der Waals surface area contributed by atoms with Gasteiger partial charge in [0, 0.05) is 30.0 Å². The molecule has 1 aliphatic heterocycles. The van der Waals surface area contributed by atoms with Gasteiger partial charge in [-0.15, -0.1) is 0 Å². The summed E-state index contributed by atoms with van der Waals surface area (Å²) in [6.07, 6.45) is 0.484. The number of carbonyl (C=O) groups excluding carboxylic acids is 3. The predicted molar refractivity (Wildman–Crippen MR) is 94.9 cm³/mol. The summed E-state index contributed by atoms with van der Waals surface area (Å²) in [5.41, 5.74) is 2.61. The Morgan fingerprint density at radius 3 is 2.36 bits per heavy atom. The molecular weight excluding hydrogens is 316 g/mol. The minimum absolute atomic E-state index is 0.196. The fraction of sp³-hybridized carbons (Fsp3) is 0.150. The van der Waals surface area contributed by atoms with Gasteiger partial charge >= 0.3 is 5.91 Å². The van der Waals surface area contributed by atoms with Crippen LogP contribution in [0, 0.1) is 18.8 Å². The molecule has 1 N–H and O–H groups in total. The molecule has 1 aliphatic rings. The van der Waals surface area contributed by atoms with Gasteiger partial charge in [0.25, 0.3) is 0 Å². The molecule has 3 rings (SSSR count). The molecule has 0 bridgehead atoms. The van der Waals surface area contributed by atoms with Crippen molar-refractivity contribution in [3.8, 4) is 11.8 Å². The van der Waals surface area contributed by atoms with Crippen molar-refractivity contribution < 1.29 is 14.4 Å². The summed E-state index contributed by atoms with van der Waals surface area (Å²) < 4.78 is 0. The molecule has 0 aliphatic carbocycles. The smallest absolute Gasteiger partial charge is 0.300 e. The number of benzene rings is 2. The molecule has 5 heteroatoms. The first-order chi connectivity index (χ1) is 12.0. The van der Waals surface area contributed by atoms with Crippen LogP contribution in [0.1, 0.15) is 24.0 Å². The van der Waals surface area contributed by atoms with Gasteiger partial charge in [-0.25, -0.2) is 0 Å². The van der Waals surface area contributed by atoms with Crippen LogP contribution < -0.4 is 10.2 Å². The van der Waals surface area contributed by atoms with E-state index >= 15 is 0 Å². The zero-order valence-electron chi connectivity index (χ0n) is 13.7. The maximum absolute atomic E-state index is 11.9. The first-order valence-electron chi connectivity index (χ1n) is 7.89. The number of amides is 3. The molecule has 2 aromatic rings. The number of imide groups is 1. The summed E-state index contributed by atoms with van der Waals surface area (Å²) in [5.74, 6) is 4.50. The molecule has 0 saturated carbocycles. The molecule has 1 saturated heterocycles. The SMILES string of the molecule is Cc1cc(NC(=O)C#Cc2ccccc2)ccc1N1C(=O)CCC1=O. The van der Waals surface area contributed by atoms with Crippen LogP contribution in [0.3, 0.4) is 0 Å². The van der Waals surface area contributed by atoms with Crippen LogP contribution in [-0.2, 0) is 14.4 Å². The number of carbonyl (C=O) groups is 3. The van der Waals surface area contributed by atoms with Crippen LogP contribution in [0.25, 0.3) is 0 Å². The molecule has 0 spiro atoms. The Labute approximate surface area is 145 Å². The third-order valence-corrected chi connectivity index (χ3v) is 3.84. The van der Waals surface area contributed by atoms with Crippen LogP contribution in [0.4, 0.5) is 11.4 Å². The minimum atomic E-state index is -0.427. The van der Waals surface area contributed by atoms with E-state index in [2.05, 4.69) is 17.2 Å². The Kier molecular flexibility index (Phi) is 4.62. The Morgan fingerprint density at radius 1 is 1.04 bits per heavy atom. The van der Waals surface area contributed by atoms with E-state index in [4.69, 9.17) is 0 Å². The lowest BCUT2D eigenvalue weighted by Crippen LogP contribution is -2.29. The molecule has 1 fully saturated rings. The monoisotopic (exact) mass is 332 g/mol. The Balaban J connectivity index is 1.73. The van der Waals surface area contributed by atoms with Crippen LogP contribution >= 0.6 is 0 Å². The molecule has 0 atom stereocenters. The van der Waals surface area contributed by atoms with Crippen LogP contribution in [-0.4, -0.2) is 17.7 Å². The van der Waals surface area contributed by atoms with Crippen molar-refractivity contribution in [3.05, 3.63) is 59.7 Å². The summed E-state index contributed by atoms with van der Waals surface area (Å²) >= 11 is 0. The highest BCUT2D eigenvalue weighted by atomic mass is 16.2. The van der Waals surface area contributed by atoms with Crippen LogP contribution in [0.2, 0.25) is 0 Å². The summed E-state index contributed by atoms with van der Waals surface area (Å²) in [6, 6.07) is 14.3. The lowest BCUT2D eigenvalue weighted by molar-refractivity contribution is -0.121. The second-order valence-electron chi connectivity index (χ2n) is 5.69. The van der Waals surface area contributed by atoms with Gasteiger partial charge in [-0.2, -0.15) is 0 Å². The molecule has 124 valence electrons. The number of rotatable bonds is 2. The van der Waals surface area contributed by atoms with Crippen molar-refractivity contribution in [2.45, 2.75) is 19.8 Å². The highest BCUT2D eigenvalue weighted by Gasteiger charge is 2.31. The summed E-state index contributed by atoms with van der Waals surface area (Å²) in [4.78, 5) is 36.8. The maximum atomic E-state index is 11.9. The topological polar surface area (TPSA) is 66.5 Å². The van der Waals surface area contributed by atoms with Gasteiger partial charge in [0.2, 0.25) is 11.8 Å². The van der Waals surface area contributed by atoms with E-state index in [0.29, 0.717) is 11.4 Å². The Hall–Kier alpha value is -3.39. The number of aryl methyl sites for hydroxylation is 1. The standard InChI is InChI=1S/C20H16N2O3/c1-14-13-16(8-9-17(14)22-19(24)11-12-20(22)25)21-18(23)10-7-15-5-3-2-4-6-15/h2-6,8-9,13H,11-12H2,1H3,(H,21,23). The van der Waals surface area contributed by atoms with E-state index in [-0.39, 0.29) is 24.7 Å².